The van der Waals surface area contributed by atoms with Crippen molar-refractivity contribution < 1.29 is 0 Å². The van der Waals surface area contributed by atoms with E-state index in [1.165, 1.54) is 0 Å². The largest absolute Gasteiger partial charge is 0.369 e. The molecule has 0 radical (unpaired) electrons. The average molecular weight is 294 g/mol. The molecular weight excluding hydrogens is 274 g/mol. The molecule has 0 aliphatic heterocycles. The van der Waals surface area contributed by atoms with Crippen molar-refractivity contribution in [3.05, 3.63) is 34.5 Å². The monoisotopic (exact) mass is 293 g/mol. The maximum Gasteiger partial charge on any atom is 0.137 e. The SMILES string of the molecule is Cc1c(Cl)nc(C(C)C)nc1NCCc1ccn(C)n1. The van der Waals surface area contributed by atoms with Crippen LogP contribution in [0, 0.1) is 6.92 Å². The smallest absolute Gasteiger partial charge is 0.137 e. The molecule has 6 heteroatoms. The van der Waals surface area contributed by atoms with Gasteiger partial charge in [0.05, 0.1) is 5.69 Å². The first-order valence-corrected chi connectivity index (χ1v) is 7.11. The van der Waals surface area contributed by atoms with E-state index < -0.39 is 0 Å². The van der Waals surface area contributed by atoms with Gasteiger partial charge in [0.25, 0.3) is 0 Å². The van der Waals surface area contributed by atoms with Gasteiger partial charge in [0, 0.05) is 37.7 Å². The number of anilines is 1. The summed E-state index contributed by atoms with van der Waals surface area (Å²) in [6, 6.07) is 2.01. The van der Waals surface area contributed by atoms with Crippen LogP contribution in [0.15, 0.2) is 12.3 Å². The summed E-state index contributed by atoms with van der Waals surface area (Å²) in [5, 5.41) is 8.19. The zero-order valence-corrected chi connectivity index (χ0v) is 13.1. The lowest BCUT2D eigenvalue weighted by Crippen LogP contribution is -2.11. The molecular formula is C14H20ClN5. The zero-order chi connectivity index (χ0) is 14.7. The van der Waals surface area contributed by atoms with Crippen LogP contribution in [0.4, 0.5) is 5.82 Å². The van der Waals surface area contributed by atoms with Gasteiger partial charge in [0.1, 0.15) is 16.8 Å². The molecule has 108 valence electrons. The first kappa shape index (κ1) is 14.8. The Bertz CT molecular complexity index is 591. The highest BCUT2D eigenvalue weighted by Crippen LogP contribution is 2.22. The van der Waals surface area contributed by atoms with E-state index in [9.17, 15) is 0 Å². The van der Waals surface area contributed by atoms with Gasteiger partial charge in [-0.2, -0.15) is 5.10 Å². The average Bonchev–Trinajstić information content (AvgIpc) is 2.80. The van der Waals surface area contributed by atoms with Crippen LogP contribution in [-0.4, -0.2) is 26.3 Å². The molecule has 2 aromatic rings. The second-order valence-electron chi connectivity index (χ2n) is 5.16. The second-order valence-corrected chi connectivity index (χ2v) is 5.52. The molecule has 0 unspecified atom stereocenters. The molecule has 0 bridgehead atoms. The number of nitrogens with zero attached hydrogens (tertiary/aromatic N) is 4. The summed E-state index contributed by atoms with van der Waals surface area (Å²) < 4.78 is 1.80. The van der Waals surface area contributed by atoms with Gasteiger partial charge >= 0.3 is 0 Å². The standard InChI is InChI=1S/C14H20ClN5/c1-9(2)13-17-12(15)10(3)14(18-13)16-7-5-11-6-8-20(4)19-11/h6,8-9H,5,7H2,1-4H3,(H,16,17,18). The van der Waals surface area contributed by atoms with Gasteiger partial charge in [0.2, 0.25) is 0 Å². The molecule has 0 atom stereocenters. The maximum absolute atomic E-state index is 6.16. The molecule has 0 saturated heterocycles. The fourth-order valence-electron chi connectivity index (χ4n) is 1.84. The fourth-order valence-corrected chi connectivity index (χ4v) is 2.02. The van der Waals surface area contributed by atoms with Gasteiger partial charge in [0.15, 0.2) is 0 Å². The molecule has 0 aliphatic carbocycles. The Morgan fingerprint density at radius 2 is 2.10 bits per heavy atom. The molecule has 0 fully saturated rings. The summed E-state index contributed by atoms with van der Waals surface area (Å²) in [5.41, 5.74) is 1.94. The first-order chi connectivity index (χ1) is 9.47. The Kier molecular flexibility index (Phi) is 4.60. The third kappa shape index (κ3) is 3.48. The van der Waals surface area contributed by atoms with Crippen LogP contribution in [0.2, 0.25) is 5.15 Å². The molecule has 0 saturated carbocycles. The first-order valence-electron chi connectivity index (χ1n) is 6.73. The van der Waals surface area contributed by atoms with Crippen LogP contribution in [0.25, 0.3) is 0 Å². The predicted molar refractivity (Wildman–Crippen MR) is 81.3 cm³/mol. The Hall–Kier alpha value is -1.62. The van der Waals surface area contributed by atoms with Crippen LogP contribution in [0.1, 0.15) is 36.8 Å². The van der Waals surface area contributed by atoms with E-state index >= 15 is 0 Å². The van der Waals surface area contributed by atoms with Gasteiger partial charge in [-0.05, 0) is 13.0 Å². The normalized spacial score (nSPS) is 11.1. The lowest BCUT2D eigenvalue weighted by molar-refractivity contribution is 0.740. The number of aryl methyl sites for hydroxylation is 1. The number of hydrogen-bond acceptors (Lipinski definition) is 4. The fraction of sp³-hybridized carbons (Fsp3) is 0.500. The molecule has 1 N–H and O–H groups in total. The Morgan fingerprint density at radius 3 is 2.70 bits per heavy atom. The van der Waals surface area contributed by atoms with Crippen LogP contribution in [0.3, 0.4) is 0 Å². The number of halogens is 1. The third-order valence-corrected chi connectivity index (χ3v) is 3.43. The van der Waals surface area contributed by atoms with Crippen molar-refractivity contribution in [1.29, 1.82) is 0 Å². The predicted octanol–water partition coefficient (Wildman–Crippen LogP) is 2.95. The van der Waals surface area contributed by atoms with Crippen LogP contribution >= 0.6 is 11.6 Å². The van der Waals surface area contributed by atoms with Crippen molar-refractivity contribution in [3.8, 4) is 0 Å². The van der Waals surface area contributed by atoms with Gasteiger partial charge in [-0.15, -0.1) is 0 Å². The van der Waals surface area contributed by atoms with Gasteiger partial charge in [-0.1, -0.05) is 25.4 Å². The summed E-state index contributed by atoms with van der Waals surface area (Å²) >= 11 is 6.16. The molecule has 2 aromatic heterocycles. The van der Waals surface area contributed by atoms with E-state index in [0.717, 1.165) is 35.9 Å². The zero-order valence-electron chi connectivity index (χ0n) is 12.3. The van der Waals surface area contributed by atoms with Crippen molar-refractivity contribution in [1.82, 2.24) is 19.7 Å². The molecule has 0 aromatic carbocycles. The summed E-state index contributed by atoms with van der Waals surface area (Å²) in [6.45, 7) is 6.80. The minimum atomic E-state index is 0.254. The minimum absolute atomic E-state index is 0.254. The van der Waals surface area contributed by atoms with Gasteiger partial charge in [-0.25, -0.2) is 9.97 Å². The summed E-state index contributed by atoms with van der Waals surface area (Å²) in [5.74, 6) is 1.83. The van der Waals surface area contributed by atoms with Crippen molar-refractivity contribution >= 4 is 17.4 Å². The molecule has 0 aliphatic rings. The molecule has 5 nitrogen and oxygen atoms in total. The van der Waals surface area contributed by atoms with E-state index in [4.69, 9.17) is 11.6 Å². The van der Waals surface area contributed by atoms with Crippen molar-refractivity contribution in [2.24, 2.45) is 7.05 Å². The summed E-state index contributed by atoms with van der Waals surface area (Å²) in [4.78, 5) is 8.84. The number of rotatable bonds is 5. The van der Waals surface area contributed by atoms with Crippen molar-refractivity contribution in [2.45, 2.75) is 33.1 Å². The highest BCUT2D eigenvalue weighted by atomic mass is 35.5. The molecule has 20 heavy (non-hydrogen) atoms. The Morgan fingerprint density at radius 1 is 1.35 bits per heavy atom. The number of aromatic nitrogens is 4. The van der Waals surface area contributed by atoms with Crippen LogP contribution in [-0.2, 0) is 13.5 Å². The lowest BCUT2D eigenvalue weighted by Gasteiger charge is -2.12. The van der Waals surface area contributed by atoms with E-state index in [1.807, 2.05) is 26.2 Å². The highest BCUT2D eigenvalue weighted by Gasteiger charge is 2.11. The van der Waals surface area contributed by atoms with E-state index in [-0.39, 0.29) is 5.92 Å². The van der Waals surface area contributed by atoms with E-state index in [2.05, 4.69) is 34.2 Å². The van der Waals surface area contributed by atoms with E-state index in [1.54, 1.807) is 4.68 Å². The molecule has 2 rings (SSSR count). The molecule has 0 amide bonds. The Labute approximate surface area is 124 Å². The highest BCUT2D eigenvalue weighted by molar-refractivity contribution is 6.30. The quantitative estimate of drug-likeness (QED) is 0.861. The van der Waals surface area contributed by atoms with Gasteiger partial charge in [-0.3, -0.25) is 4.68 Å². The number of hydrogen-bond donors (Lipinski definition) is 1. The second kappa shape index (κ2) is 6.22. The summed E-state index contributed by atoms with van der Waals surface area (Å²) in [6.07, 6.45) is 2.79. The van der Waals surface area contributed by atoms with Crippen molar-refractivity contribution in [2.75, 3.05) is 11.9 Å². The molecule has 0 spiro atoms. The van der Waals surface area contributed by atoms with Crippen LogP contribution < -0.4 is 5.32 Å². The lowest BCUT2D eigenvalue weighted by atomic mass is 10.2. The van der Waals surface area contributed by atoms with Crippen molar-refractivity contribution in [3.63, 3.8) is 0 Å². The Balaban J connectivity index is 2.05. The minimum Gasteiger partial charge on any atom is -0.369 e. The van der Waals surface area contributed by atoms with E-state index in [0.29, 0.717) is 5.15 Å². The topological polar surface area (TPSA) is 55.6 Å². The van der Waals surface area contributed by atoms with Crippen LogP contribution in [0.5, 0.6) is 0 Å². The maximum atomic E-state index is 6.16. The summed E-state index contributed by atoms with van der Waals surface area (Å²) in [7, 11) is 1.92. The van der Waals surface area contributed by atoms with Gasteiger partial charge < -0.3 is 5.32 Å². The number of nitrogens with one attached hydrogen (secondary N) is 1. The molecule has 2 heterocycles. The third-order valence-electron chi connectivity index (χ3n) is 3.06.